The largest absolute Gasteiger partial charge is 0.480 e. The summed E-state index contributed by atoms with van der Waals surface area (Å²) in [6.45, 7) is 3.63. The molecule has 1 aromatic heterocycles. The van der Waals surface area contributed by atoms with Gasteiger partial charge in [-0.3, -0.25) is 14.6 Å². The highest BCUT2D eigenvalue weighted by Gasteiger charge is 2.28. The number of amides is 2. The Labute approximate surface area is 171 Å². The van der Waals surface area contributed by atoms with Gasteiger partial charge in [-0.1, -0.05) is 11.6 Å². The number of ether oxygens (including phenoxy) is 1. The Morgan fingerprint density at radius 2 is 1.89 bits per heavy atom. The number of carbonyl (C=O) groups is 2. The van der Waals surface area contributed by atoms with Crippen LogP contribution in [0.3, 0.4) is 0 Å². The van der Waals surface area contributed by atoms with Crippen LogP contribution in [0.4, 0.5) is 0 Å². The summed E-state index contributed by atoms with van der Waals surface area (Å²) in [5.41, 5.74) is 0.557. The van der Waals surface area contributed by atoms with Crippen molar-refractivity contribution >= 4 is 39.3 Å². The molecule has 27 heavy (non-hydrogen) atoms. The average Bonchev–Trinajstić information content (AvgIpc) is 2.69. The Morgan fingerprint density at radius 3 is 2.52 bits per heavy atom. The number of halogens is 2. The maximum Gasteiger partial charge on any atom is 0.263 e. The smallest absolute Gasteiger partial charge is 0.263 e. The Morgan fingerprint density at radius 1 is 1.19 bits per heavy atom. The summed E-state index contributed by atoms with van der Waals surface area (Å²) >= 11 is 9.31. The second-order valence-electron chi connectivity index (χ2n) is 6.19. The van der Waals surface area contributed by atoms with Gasteiger partial charge in [0.05, 0.1) is 10.0 Å². The lowest BCUT2D eigenvalue weighted by atomic mass is 10.2. The van der Waals surface area contributed by atoms with E-state index >= 15 is 0 Å². The zero-order valence-electron chi connectivity index (χ0n) is 14.8. The second-order valence-corrected chi connectivity index (χ2v) is 7.48. The fraction of sp³-hybridized carbons (Fsp3) is 0.316. The normalized spacial score (nSPS) is 15.4. The molecule has 1 fully saturated rings. The number of pyridine rings is 1. The Balaban J connectivity index is 1.55. The van der Waals surface area contributed by atoms with Gasteiger partial charge in [-0.2, -0.15) is 0 Å². The van der Waals surface area contributed by atoms with Crippen LogP contribution in [0.5, 0.6) is 5.75 Å². The third-order valence-electron chi connectivity index (χ3n) is 4.33. The summed E-state index contributed by atoms with van der Waals surface area (Å²) in [7, 11) is 0. The topological polar surface area (TPSA) is 62.7 Å². The molecular formula is C19H19BrClN3O3. The highest BCUT2D eigenvalue weighted by atomic mass is 79.9. The number of piperazine rings is 1. The molecule has 0 N–H and O–H groups in total. The van der Waals surface area contributed by atoms with Gasteiger partial charge in [0.1, 0.15) is 5.75 Å². The number of rotatable bonds is 4. The molecule has 1 atom stereocenters. The maximum atomic E-state index is 12.7. The molecule has 1 unspecified atom stereocenters. The van der Waals surface area contributed by atoms with Crippen molar-refractivity contribution in [1.29, 1.82) is 0 Å². The first kappa shape index (κ1) is 19.6. The number of benzene rings is 1. The molecule has 1 aromatic carbocycles. The fourth-order valence-corrected chi connectivity index (χ4v) is 3.65. The SMILES string of the molecule is CC(Oc1ccc(Cl)cc1Br)C(=O)N1CCN(C(=O)c2cccnc2)CC1. The summed E-state index contributed by atoms with van der Waals surface area (Å²) in [4.78, 5) is 32.6. The molecule has 1 aliphatic heterocycles. The second kappa shape index (κ2) is 8.71. The quantitative estimate of drug-likeness (QED) is 0.714. The van der Waals surface area contributed by atoms with E-state index in [0.29, 0.717) is 47.0 Å². The standard InChI is InChI=1S/C19H19BrClN3O3/c1-13(27-17-5-4-15(21)11-16(17)20)18(25)23-7-9-24(10-8-23)19(26)14-3-2-6-22-12-14/h2-6,11-13H,7-10H2,1H3. The van der Waals surface area contributed by atoms with Crippen LogP contribution in [-0.4, -0.2) is 58.9 Å². The van der Waals surface area contributed by atoms with E-state index in [4.69, 9.17) is 16.3 Å². The average molecular weight is 453 g/mol. The number of nitrogens with zero attached hydrogens (tertiary/aromatic N) is 3. The minimum absolute atomic E-state index is 0.0652. The van der Waals surface area contributed by atoms with Crippen LogP contribution in [0.25, 0.3) is 0 Å². The van der Waals surface area contributed by atoms with Gasteiger partial charge >= 0.3 is 0 Å². The van der Waals surface area contributed by atoms with Gasteiger partial charge in [0.2, 0.25) is 0 Å². The Hall–Kier alpha value is -2.12. The highest BCUT2D eigenvalue weighted by Crippen LogP contribution is 2.29. The lowest BCUT2D eigenvalue weighted by Gasteiger charge is -2.35. The molecule has 142 valence electrons. The summed E-state index contributed by atoms with van der Waals surface area (Å²) in [6, 6.07) is 8.63. The minimum atomic E-state index is -0.636. The first-order chi connectivity index (χ1) is 13.0. The molecule has 2 aromatic rings. The molecule has 0 radical (unpaired) electrons. The van der Waals surface area contributed by atoms with E-state index in [1.165, 1.54) is 0 Å². The van der Waals surface area contributed by atoms with Gasteiger partial charge < -0.3 is 14.5 Å². The molecule has 1 saturated heterocycles. The molecule has 0 aliphatic carbocycles. The molecule has 2 heterocycles. The van der Waals surface area contributed by atoms with Crippen molar-refractivity contribution in [2.24, 2.45) is 0 Å². The van der Waals surface area contributed by atoms with Crippen LogP contribution in [0.15, 0.2) is 47.2 Å². The van der Waals surface area contributed by atoms with Crippen molar-refractivity contribution in [1.82, 2.24) is 14.8 Å². The fourth-order valence-electron chi connectivity index (χ4n) is 2.87. The van der Waals surface area contributed by atoms with Crippen molar-refractivity contribution in [3.05, 3.63) is 57.8 Å². The lowest BCUT2D eigenvalue weighted by molar-refractivity contribution is -0.139. The molecule has 8 heteroatoms. The van der Waals surface area contributed by atoms with Crippen LogP contribution in [-0.2, 0) is 4.79 Å². The third-order valence-corrected chi connectivity index (χ3v) is 5.19. The zero-order chi connectivity index (χ0) is 19.4. The molecule has 0 bridgehead atoms. The van der Waals surface area contributed by atoms with E-state index < -0.39 is 6.10 Å². The van der Waals surface area contributed by atoms with E-state index in [2.05, 4.69) is 20.9 Å². The van der Waals surface area contributed by atoms with E-state index in [0.717, 1.165) is 0 Å². The molecule has 0 spiro atoms. The van der Waals surface area contributed by atoms with Gasteiger partial charge in [0.15, 0.2) is 6.10 Å². The molecule has 2 amide bonds. The highest BCUT2D eigenvalue weighted by molar-refractivity contribution is 9.10. The van der Waals surface area contributed by atoms with Crippen LogP contribution < -0.4 is 4.74 Å². The van der Waals surface area contributed by atoms with Crippen molar-refractivity contribution in [2.75, 3.05) is 26.2 Å². The van der Waals surface area contributed by atoms with E-state index in [9.17, 15) is 9.59 Å². The van der Waals surface area contributed by atoms with Crippen LogP contribution in [0.1, 0.15) is 17.3 Å². The predicted molar refractivity (Wildman–Crippen MR) is 106 cm³/mol. The first-order valence-corrected chi connectivity index (χ1v) is 9.72. The number of carbonyl (C=O) groups excluding carboxylic acids is 2. The van der Waals surface area contributed by atoms with Gasteiger partial charge in [-0.15, -0.1) is 0 Å². The van der Waals surface area contributed by atoms with Crippen molar-refractivity contribution < 1.29 is 14.3 Å². The molecular weight excluding hydrogens is 434 g/mol. The first-order valence-electron chi connectivity index (χ1n) is 8.55. The van der Waals surface area contributed by atoms with Crippen LogP contribution in [0.2, 0.25) is 5.02 Å². The summed E-state index contributed by atoms with van der Waals surface area (Å²) in [6.07, 6.45) is 2.55. The summed E-state index contributed by atoms with van der Waals surface area (Å²) in [5.74, 6) is 0.389. The van der Waals surface area contributed by atoms with Crippen LogP contribution in [0, 0.1) is 0 Å². The number of hydrogen-bond acceptors (Lipinski definition) is 4. The lowest BCUT2D eigenvalue weighted by Crippen LogP contribution is -2.53. The Bertz CT molecular complexity index is 826. The zero-order valence-corrected chi connectivity index (χ0v) is 17.1. The van der Waals surface area contributed by atoms with E-state index in [-0.39, 0.29) is 11.8 Å². The van der Waals surface area contributed by atoms with Crippen molar-refractivity contribution in [3.63, 3.8) is 0 Å². The minimum Gasteiger partial charge on any atom is -0.480 e. The van der Waals surface area contributed by atoms with Crippen molar-refractivity contribution in [2.45, 2.75) is 13.0 Å². The number of aromatic nitrogens is 1. The van der Waals surface area contributed by atoms with Gasteiger partial charge in [0, 0.05) is 43.6 Å². The monoisotopic (exact) mass is 451 g/mol. The van der Waals surface area contributed by atoms with Gasteiger partial charge in [-0.05, 0) is 53.2 Å². The molecule has 6 nitrogen and oxygen atoms in total. The van der Waals surface area contributed by atoms with E-state index in [1.54, 1.807) is 59.4 Å². The molecule has 3 rings (SSSR count). The predicted octanol–water partition coefficient (Wildman–Crippen LogP) is 3.25. The van der Waals surface area contributed by atoms with Crippen LogP contribution >= 0.6 is 27.5 Å². The Kier molecular flexibility index (Phi) is 6.34. The van der Waals surface area contributed by atoms with Gasteiger partial charge in [0.25, 0.3) is 11.8 Å². The summed E-state index contributed by atoms with van der Waals surface area (Å²) < 4.78 is 6.47. The number of hydrogen-bond donors (Lipinski definition) is 0. The van der Waals surface area contributed by atoms with Gasteiger partial charge in [-0.25, -0.2) is 0 Å². The van der Waals surface area contributed by atoms with Crippen molar-refractivity contribution in [3.8, 4) is 5.75 Å². The summed E-state index contributed by atoms with van der Waals surface area (Å²) in [5, 5.41) is 0.586. The maximum absolute atomic E-state index is 12.7. The van der Waals surface area contributed by atoms with E-state index in [1.807, 2.05) is 0 Å². The molecule has 0 saturated carbocycles. The third kappa shape index (κ3) is 4.78. The molecule has 1 aliphatic rings.